The molecular formula is C27H25N3O4S2. The summed E-state index contributed by atoms with van der Waals surface area (Å²) < 4.78 is 0.375. The molecule has 0 saturated carbocycles. The second-order valence-corrected chi connectivity index (χ2v) is 10.1. The average molecular weight is 520 g/mol. The average Bonchev–Trinajstić information content (AvgIpc) is 3.37. The number of H-pyrrole nitrogens is 1. The molecule has 1 saturated heterocycles. The number of fused-ring (bicyclic) bond motifs is 1. The molecule has 3 N–H and O–H groups in total. The van der Waals surface area contributed by atoms with Gasteiger partial charge in [-0.25, -0.2) is 4.79 Å². The highest BCUT2D eigenvalue weighted by Gasteiger charge is 2.32. The number of allylic oxidation sites excluding steroid dienone is 2. The Kier molecular flexibility index (Phi) is 8.02. The van der Waals surface area contributed by atoms with Crippen LogP contribution in [-0.4, -0.2) is 49.7 Å². The summed E-state index contributed by atoms with van der Waals surface area (Å²) in [5, 5.41) is 13.2. The van der Waals surface area contributed by atoms with Gasteiger partial charge in [-0.15, -0.1) is 0 Å². The summed E-state index contributed by atoms with van der Waals surface area (Å²) in [6.45, 7) is 1.99. The lowest BCUT2D eigenvalue weighted by Crippen LogP contribution is -2.43. The van der Waals surface area contributed by atoms with Crippen molar-refractivity contribution in [1.82, 2.24) is 15.2 Å². The van der Waals surface area contributed by atoms with E-state index in [1.807, 2.05) is 67.6 Å². The number of aromatic amines is 1. The predicted octanol–water partition coefficient (Wildman–Crippen LogP) is 4.52. The maximum atomic E-state index is 12.9. The number of hydrogen-bond donors (Lipinski definition) is 3. The van der Waals surface area contributed by atoms with Crippen LogP contribution in [0.2, 0.25) is 0 Å². The Labute approximate surface area is 218 Å². The number of nitrogens with zero attached hydrogens (tertiary/aromatic N) is 1. The van der Waals surface area contributed by atoms with Gasteiger partial charge in [0.15, 0.2) is 0 Å². The molecule has 9 heteroatoms. The summed E-state index contributed by atoms with van der Waals surface area (Å²) in [5.74, 6) is -1.84. The third-order valence-corrected chi connectivity index (χ3v) is 7.10. The van der Waals surface area contributed by atoms with Crippen molar-refractivity contribution in [2.45, 2.75) is 25.8 Å². The molecule has 3 aromatic rings. The maximum Gasteiger partial charge on any atom is 0.326 e. The van der Waals surface area contributed by atoms with Crippen LogP contribution in [0.5, 0.6) is 0 Å². The van der Waals surface area contributed by atoms with Gasteiger partial charge in [0, 0.05) is 36.5 Å². The third-order valence-electron chi connectivity index (χ3n) is 5.72. The Bertz CT molecular complexity index is 1380. The molecule has 0 spiro atoms. The van der Waals surface area contributed by atoms with Gasteiger partial charge in [0.1, 0.15) is 10.4 Å². The van der Waals surface area contributed by atoms with E-state index in [1.54, 1.807) is 12.3 Å². The minimum Gasteiger partial charge on any atom is -0.480 e. The van der Waals surface area contributed by atoms with E-state index in [-0.39, 0.29) is 25.3 Å². The zero-order chi connectivity index (χ0) is 25.7. The number of carbonyl (C=O) groups is 3. The number of aromatic nitrogens is 1. The van der Waals surface area contributed by atoms with Gasteiger partial charge in [-0.1, -0.05) is 78.6 Å². The number of carboxylic acid groups (broad SMARTS) is 1. The smallest absolute Gasteiger partial charge is 0.326 e. The first-order valence-electron chi connectivity index (χ1n) is 11.4. The van der Waals surface area contributed by atoms with Crippen LogP contribution in [0.15, 0.2) is 77.3 Å². The highest BCUT2D eigenvalue weighted by atomic mass is 32.2. The normalized spacial score (nSPS) is 16.1. The molecule has 1 aliphatic rings. The number of nitrogens with one attached hydrogen (secondary N) is 2. The number of para-hydroxylation sites is 1. The van der Waals surface area contributed by atoms with Crippen LogP contribution < -0.4 is 5.32 Å². The molecule has 7 nitrogen and oxygen atoms in total. The lowest BCUT2D eigenvalue weighted by atomic mass is 10.0. The Morgan fingerprint density at radius 3 is 2.64 bits per heavy atom. The van der Waals surface area contributed by atoms with Gasteiger partial charge in [0.2, 0.25) is 5.91 Å². The zero-order valence-corrected chi connectivity index (χ0v) is 21.2. The number of benzene rings is 2. The van der Waals surface area contributed by atoms with Crippen molar-refractivity contribution >= 4 is 63.1 Å². The second kappa shape index (κ2) is 11.4. The topological polar surface area (TPSA) is 102 Å². The fraction of sp³-hybridized carbons (Fsp3) is 0.185. The number of carbonyl (C=O) groups excluding carboxylic acids is 2. The van der Waals surface area contributed by atoms with E-state index in [4.69, 9.17) is 12.2 Å². The summed E-state index contributed by atoms with van der Waals surface area (Å²) in [5.41, 5.74) is 3.64. The zero-order valence-electron chi connectivity index (χ0n) is 19.6. The van der Waals surface area contributed by atoms with Crippen LogP contribution in [0, 0.1) is 0 Å². The molecule has 1 fully saturated rings. The molecule has 4 rings (SSSR count). The predicted molar refractivity (Wildman–Crippen MR) is 146 cm³/mol. The van der Waals surface area contributed by atoms with Gasteiger partial charge < -0.3 is 15.4 Å². The number of aliphatic carboxylic acids is 1. The van der Waals surface area contributed by atoms with Crippen LogP contribution in [0.4, 0.5) is 0 Å². The van der Waals surface area contributed by atoms with E-state index in [0.717, 1.165) is 27.6 Å². The van der Waals surface area contributed by atoms with Crippen LogP contribution in [0.25, 0.3) is 17.0 Å². The number of carboxylic acids is 1. The van der Waals surface area contributed by atoms with Gasteiger partial charge >= 0.3 is 5.97 Å². The summed E-state index contributed by atoms with van der Waals surface area (Å²) in [7, 11) is 0. The largest absolute Gasteiger partial charge is 0.480 e. The number of rotatable bonds is 9. The van der Waals surface area contributed by atoms with Crippen LogP contribution in [0.1, 0.15) is 24.5 Å². The molecule has 2 aromatic carbocycles. The lowest BCUT2D eigenvalue weighted by molar-refractivity contribution is -0.141. The molecule has 1 atom stereocenters. The quantitative estimate of drug-likeness (QED) is 0.284. The minimum atomic E-state index is -1.12. The monoisotopic (exact) mass is 519 g/mol. The van der Waals surface area contributed by atoms with Gasteiger partial charge in [-0.2, -0.15) is 0 Å². The van der Waals surface area contributed by atoms with Gasteiger partial charge in [0.05, 0.1) is 4.91 Å². The number of amides is 2. The van der Waals surface area contributed by atoms with Crippen molar-refractivity contribution in [2.75, 3.05) is 6.54 Å². The third kappa shape index (κ3) is 6.10. The van der Waals surface area contributed by atoms with Crippen LogP contribution in [-0.2, 0) is 20.8 Å². The molecule has 36 heavy (non-hydrogen) atoms. The SMILES string of the molecule is CC(=C\c1ccccc1)/C=C1/SC(=S)N(CCC(=O)N[C@@H](Cc2c[nH]c3ccccc23)C(=O)O)C1=O. The van der Waals surface area contributed by atoms with Crippen molar-refractivity contribution in [3.8, 4) is 0 Å². The first-order chi connectivity index (χ1) is 17.3. The number of thioether (sulfide) groups is 1. The Balaban J connectivity index is 1.35. The van der Waals surface area contributed by atoms with Crippen molar-refractivity contribution in [3.63, 3.8) is 0 Å². The van der Waals surface area contributed by atoms with Gasteiger partial charge in [-0.3, -0.25) is 14.5 Å². The van der Waals surface area contributed by atoms with Crippen molar-refractivity contribution in [3.05, 3.63) is 88.5 Å². The maximum absolute atomic E-state index is 12.9. The molecular weight excluding hydrogens is 494 g/mol. The molecule has 2 amide bonds. The van der Waals surface area contributed by atoms with E-state index in [2.05, 4.69) is 10.3 Å². The number of thiocarbonyl (C=S) groups is 1. The van der Waals surface area contributed by atoms with Gasteiger partial charge in [0.25, 0.3) is 5.91 Å². The Morgan fingerprint density at radius 2 is 1.89 bits per heavy atom. The summed E-state index contributed by atoms with van der Waals surface area (Å²) in [4.78, 5) is 42.3. The van der Waals surface area contributed by atoms with Crippen molar-refractivity contribution in [1.29, 1.82) is 0 Å². The Hall–Kier alpha value is -3.69. The first kappa shape index (κ1) is 25.4. The van der Waals surface area contributed by atoms with Crippen LogP contribution >= 0.6 is 24.0 Å². The van der Waals surface area contributed by atoms with E-state index in [1.165, 1.54) is 16.7 Å². The summed E-state index contributed by atoms with van der Waals surface area (Å²) >= 11 is 6.55. The summed E-state index contributed by atoms with van der Waals surface area (Å²) in [6, 6.07) is 16.3. The highest BCUT2D eigenvalue weighted by molar-refractivity contribution is 8.26. The lowest BCUT2D eigenvalue weighted by Gasteiger charge is -2.17. The first-order valence-corrected chi connectivity index (χ1v) is 12.6. The molecule has 1 aromatic heterocycles. The van der Waals surface area contributed by atoms with E-state index in [9.17, 15) is 19.5 Å². The van der Waals surface area contributed by atoms with E-state index >= 15 is 0 Å². The molecule has 2 heterocycles. The fourth-order valence-electron chi connectivity index (χ4n) is 3.95. The fourth-order valence-corrected chi connectivity index (χ4v) is 5.31. The Morgan fingerprint density at radius 1 is 1.17 bits per heavy atom. The molecule has 0 unspecified atom stereocenters. The van der Waals surface area contributed by atoms with Crippen LogP contribution in [0.3, 0.4) is 0 Å². The number of hydrogen-bond acceptors (Lipinski definition) is 5. The van der Waals surface area contributed by atoms with Crippen molar-refractivity contribution < 1.29 is 19.5 Å². The minimum absolute atomic E-state index is 0.0593. The van der Waals surface area contributed by atoms with E-state index < -0.39 is 17.9 Å². The summed E-state index contributed by atoms with van der Waals surface area (Å²) in [6.07, 6.45) is 5.60. The second-order valence-electron chi connectivity index (χ2n) is 8.40. The highest BCUT2D eigenvalue weighted by Crippen LogP contribution is 2.32. The standard InChI is InChI=1S/C27H25N3O4S2/c1-17(13-18-7-3-2-4-8-18)14-23-25(32)30(27(35)36-23)12-11-24(31)29-22(26(33)34)15-19-16-28-21-10-6-5-9-20(19)21/h2-10,13-14,16,22,28H,11-12,15H2,1H3,(H,29,31)(H,33,34)/b17-13+,23-14+/t22-/m0/s1. The molecule has 0 aliphatic carbocycles. The molecule has 0 bridgehead atoms. The molecule has 184 valence electrons. The van der Waals surface area contributed by atoms with E-state index in [0.29, 0.717) is 9.23 Å². The van der Waals surface area contributed by atoms with Gasteiger partial charge in [-0.05, 0) is 35.8 Å². The molecule has 0 radical (unpaired) electrons. The van der Waals surface area contributed by atoms with Crippen molar-refractivity contribution in [2.24, 2.45) is 0 Å². The molecule has 1 aliphatic heterocycles.